The number of hydrogen-bond donors (Lipinski definition) is 0. The van der Waals surface area contributed by atoms with Gasteiger partial charge in [-0.3, -0.25) is 0 Å². The Balaban J connectivity index is 3.21. The molecule has 64 valence electrons. The summed E-state index contributed by atoms with van der Waals surface area (Å²) >= 11 is 0. The molecule has 0 aromatic rings. The van der Waals surface area contributed by atoms with E-state index in [-0.39, 0.29) is 0 Å². The summed E-state index contributed by atoms with van der Waals surface area (Å²) in [4.78, 5) is 5.77. The number of azide groups is 1. The summed E-state index contributed by atoms with van der Waals surface area (Å²) in [5, 5.41) is 0. The molecule has 0 aliphatic heterocycles. The van der Waals surface area contributed by atoms with Crippen molar-refractivity contribution in [1.82, 2.24) is 0 Å². The van der Waals surface area contributed by atoms with Gasteiger partial charge in [0.05, 0.1) is 34.3 Å². The summed E-state index contributed by atoms with van der Waals surface area (Å²) in [6.45, 7) is 1.53. The molecular formula is C5H13N4OP. The fourth-order valence-corrected chi connectivity index (χ4v) is 0.645. The molecule has 5 nitrogen and oxygen atoms in total. The molecule has 0 unspecified atom stereocenters. The van der Waals surface area contributed by atoms with Crippen LogP contribution in [0, 0.1) is 0 Å². The minimum atomic E-state index is 0.354. The molecule has 0 aliphatic carbocycles. The molecule has 0 atom stereocenters. The minimum absolute atomic E-state index is 0.354. The van der Waals surface area contributed by atoms with Crippen molar-refractivity contribution in [3.63, 3.8) is 0 Å². The molecule has 0 heterocycles. The lowest BCUT2D eigenvalue weighted by molar-refractivity contribution is -0.870. The summed E-state index contributed by atoms with van der Waals surface area (Å²) in [6.07, 6.45) is 0. The SMILES string of the molecule is C[N+](C)(C)CCO[P-]N=[N+]=[N-]. The molecular weight excluding hydrogens is 163 g/mol. The third kappa shape index (κ3) is 9.66. The maximum Gasteiger partial charge on any atom is 0.0989 e. The predicted octanol–water partition coefficient (Wildman–Crippen LogP) is 1.80. The topological polar surface area (TPSA) is 58.0 Å². The van der Waals surface area contributed by atoms with Crippen LogP contribution in [0.3, 0.4) is 0 Å². The summed E-state index contributed by atoms with van der Waals surface area (Å²) in [6, 6.07) is 0. The molecule has 0 bridgehead atoms. The van der Waals surface area contributed by atoms with Crippen molar-refractivity contribution in [2.24, 2.45) is 4.88 Å². The van der Waals surface area contributed by atoms with Crippen LogP contribution in [0.25, 0.3) is 10.4 Å². The number of nitrogens with zero attached hydrogens (tertiary/aromatic N) is 4. The van der Waals surface area contributed by atoms with Crippen molar-refractivity contribution < 1.29 is 9.01 Å². The number of rotatable bonds is 5. The van der Waals surface area contributed by atoms with E-state index in [0.29, 0.717) is 15.6 Å². The first-order chi connectivity index (χ1) is 5.06. The van der Waals surface area contributed by atoms with Crippen LogP contribution in [-0.4, -0.2) is 38.8 Å². The maximum absolute atomic E-state index is 7.89. The van der Waals surface area contributed by atoms with Crippen LogP contribution in [0.15, 0.2) is 4.88 Å². The highest BCUT2D eigenvalue weighted by Gasteiger charge is 2.02. The zero-order valence-corrected chi connectivity index (χ0v) is 7.95. The first-order valence-corrected chi connectivity index (χ1v) is 3.99. The standard InChI is InChI=1S/C5H13N4OP/c1-9(2,3)4-5-10-11-8-7-6/h4-5H2,1-3H3. The number of hydrogen-bond acceptors (Lipinski definition) is 2. The molecule has 0 aliphatic rings. The van der Waals surface area contributed by atoms with Gasteiger partial charge in [-0.15, -0.1) is 0 Å². The largest absolute Gasteiger partial charge is 0.549 e. The lowest BCUT2D eigenvalue weighted by atomic mass is 10.5. The van der Waals surface area contributed by atoms with E-state index in [1.54, 1.807) is 0 Å². The molecule has 0 N–H and O–H groups in total. The first kappa shape index (κ1) is 10.7. The van der Waals surface area contributed by atoms with Gasteiger partial charge in [0.25, 0.3) is 0 Å². The van der Waals surface area contributed by atoms with E-state index in [0.717, 1.165) is 11.0 Å². The van der Waals surface area contributed by atoms with Gasteiger partial charge in [0.15, 0.2) is 0 Å². The first-order valence-electron chi connectivity index (χ1n) is 3.23. The second-order valence-electron chi connectivity index (χ2n) is 3.11. The Kier molecular flexibility index (Phi) is 5.16. The van der Waals surface area contributed by atoms with E-state index < -0.39 is 0 Å². The van der Waals surface area contributed by atoms with Crippen molar-refractivity contribution >= 4 is 8.96 Å². The molecule has 0 saturated carbocycles. The molecule has 11 heavy (non-hydrogen) atoms. The van der Waals surface area contributed by atoms with Crippen LogP contribution >= 0.6 is 8.96 Å². The minimum Gasteiger partial charge on any atom is -0.549 e. The van der Waals surface area contributed by atoms with Gasteiger partial charge in [0.1, 0.15) is 0 Å². The lowest BCUT2D eigenvalue weighted by Gasteiger charge is -2.25. The monoisotopic (exact) mass is 176 g/mol. The van der Waals surface area contributed by atoms with Gasteiger partial charge in [-0.05, 0) is 10.4 Å². The molecule has 6 heteroatoms. The molecule has 0 saturated heterocycles. The van der Waals surface area contributed by atoms with E-state index in [1.807, 2.05) is 0 Å². The summed E-state index contributed by atoms with van der Waals surface area (Å²) < 4.78 is 5.84. The molecule has 0 radical (unpaired) electrons. The highest BCUT2D eigenvalue weighted by atomic mass is 31.1. The average Bonchev–Trinajstić information content (AvgIpc) is 1.85. The molecule has 0 aromatic heterocycles. The Morgan fingerprint density at radius 2 is 2.18 bits per heavy atom. The Hall–Kier alpha value is -0.340. The van der Waals surface area contributed by atoms with Gasteiger partial charge in [-0.1, -0.05) is 0 Å². The summed E-state index contributed by atoms with van der Waals surface area (Å²) in [7, 11) is 6.59. The normalized spacial score (nSPS) is 11.9. The summed E-state index contributed by atoms with van der Waals surface area (Å²) in [5.41, 5.74) is 7.89. The van der Waals surface area contributed by atoms with Crippen molar-refractivity contribution in [2.45, 2.75) is 0 Å². The quantitative estimate of drug-likeness (QED) is 0.157. The Morgan fingerprint density at radius 3 is 2.64 bits per heavy atom. The predicted molar refractivity (Wildman–Crippen MR) is 44.9 cm³/mol. The van der Waals surface area contributed by atoms with Crippen molar-refractivity contribution in [1.29, 1.82) is 0 Å². The molecule has 0 spiro atoms. The van der Waals surface area contributed by atoms with Crippen molar-refractivity contribution in [2.75, 3.05) is 34.3 Å². The summed E-state index contributed by atoms with van der Waals surface area (Å²) in [5.74, 6) is 0. The van der Waals surface area contributed by atoms with E-state index >= 15 is 0 Å². The highest BCUT2D eigenvalue weighted by Crippen LogP contribution is 2.12. The van der Waals surface area contributed by atoms with Crippen LogP contribution in [-0.2, 0) is 4.52 Å². The number of likely N-dealkylation sites (N-methyl/N-ethyl adjacent to an activating group) is 1. The van der Waals surface area contributed by atoms with Crippen LogP contribution < -0.4 is 0 Å². The molecule has 0 fully saturated rings. The van der Waals surface area contributed by atoms with Crippen LogP contribution in [0.1, 0.15) is 0 Å². The van der Waals surface area contributed by atoms with Gasteiger partial charge in [-0.25, -0.2) is 4.88 Å². The second kappa shape index (κ2) is 5.33. The van der Waals surface area contributed by atoms with Gasteiger partial charge >= 0.3 is 0 Å². The lowest BCUT2D eigenvalue weighted by Crippen LogP contribution is -2.37. The van der Waals surface area contributed by atoms with Crippen LogP contribution in [0.4, 0.5) is 0 Å². The van der Waals surface area contributed by atoms with Gasteiger partial charge in [0, 0.05) is 0 Å². The second-order valence-corrected chi connectivity index (χ2v) is 3.71. The fourth-order valence-electron chi connectivity index (χ4n) is 0.398. The third-order valence-corrected chi connectivity index (χ3v) is 1.44. The Bertz CT molecular complexity index is 149. The van der Waals surface area contributed by atoms with Crippen molar-refractivity contribution in [3.05, 3.63) is 10.4 Å². The van der Waals surface area contributed by atoms with Gasteiger partial charge < -0.3 is 18.0 Å². The molecule has 0 rings (SSSR count). The molecule has 0 amide bonds. The average molecular weight is 176 g/mol. The van der Waals surface area contributed by atoms with E-state index in [9.17, 15) is 0 Å². The van der Waals surface area contributed by atoms with E-state index in [1.165, 1.54) is 0 Å². The maximum atomic E-state index is 7.89. The van der Waals surface area contributed by atoms with E-state index in [4.69, 9.17) is 10.1 Å². The van der Waals surface area contributed by atoms with Crippen LogP contribution in [0.2, 0.25) is 0 Å². The smallest absolute Gasteiger partial charge is 0.0989 e. The zero-order chi connectivity index (χ0) is 8.74. The van der Waals surface area contributed by atoms with Crippen LogP contribution in [0.5, 0.6) is 0 Å². The number of quaternary nitrogens is 1. The third-order valence-electron chi connectivity index (χ3n) is 0.988. The fraction of sp³-hybridized carbons (Fsp3) is 1.00. The van der Waals surface area contributed by atoms with Gasteiger partial charge in [-0.2, -0.15) is 0 Å². The van der Waals surface area contributed by atoms with Crippen molar-refractivity contribution in [3.8, 4) is 0 Å². The Labute approximate surface area is 68.5 Å². The Morgan fingerprint density at radius 1 is 1.55 bits per heavy atom. The van der Waals surface area contributed by atoms with E-state index in [2.05, 4.69) is 30.9 Å². The highest BCUT2D eigenvalue weighted by molar-refractivity contribution is 7.30. The van der Waals surface area contributed by atoms with Gasteiger partial charge in [0.2, 0.25) is 0 Å². The molecule has 0 aromatic carbocycles. The zero-order valence-electron chi connectivity index (χ0n) is 7.06.